The quantitative estimate of drug-likeness (QED) is 0.557. The standard InChI is InChI=1S/C20H12F7N3O3/c1-33-15-9-16(31)30(14-4-2-12(21)3-5-14)29-17(15)18(32)28-13-7-10(19(22,23)24)6-11(8-13)20(25,26)27/h2-9H,1H3,(H,28,32). The number of carbonyl (C=O) groups is 1. The van der Waals surface area contributed by atoms with E-state index in [0.29, 0.717) is 16.8 Å². The van der Waals surface area contributed by atoms with Crippen LogP contribution in [0.5, 0.6) is 5.75 Å². The highest BCUT2D eigenvalue weighted by atomic mass is 19.4. The number of nitrogens with zero attached hydrogens (tertiary/aromatic N) is 2. The molecule has 6 nitrogen and oxygen atoms in total. The number of benzene rings is 2. The van der Waals surface area contributed by atoms with Gasteiger partial charge in [0.05, 0.1) is 30.0 Å². The predicted octanol–water partition coefficient (Wildman–Crippen LogP) is 4.67. The van der Waals surface area contributed by atoms with Gasteiger partial charge in [0.15, 0.2) is 11.4 Å². The second-order valence-corrected chi connectivity index (χ2v) is 6.54. The summed E-state index contributed by atoms with van der Waals surface area (Å²) in [6.07, 6.45) is -10.2. The van der Waals surface area contributed by atoms with Gasteiger partial charge in [0, 0.05) is 5.69 Å². The number of nitrogens with one attached hydrogen (secondary N) is 1. The van der Waals surface area contributed by atoms with Gasteiger partial charge in [-0.2, -0.15) is 36.1 Å². The topological polar surface area (TPSA) is 73.2 Å². The van der Waals surface area contributed by atoms with E-state index >= 15 is 0 Å². The lowest BCUT2D eigenvalue weighted by Gasteiger charge is -2.15. The Labute approximate surface area is 180 Å². The fraction of sp³-hybridized carbons (Fsp3) is 0.150. The molecule has 1 amide bonds. The molecule has 0 aliphatic rings. The van der Waals surface area contributed by atoms with Crippen LogP contribution in [0.3, 0.4) is 0 Å². The Balaban J connectivity index is 2.06. The summed E-state index contributed by atoms with van der Waals surface area (Å²) in [5.41, 5.74) is -5.46. The summed E-state index contributed by atoms with van der Waals surface area (Å²) in [6.45, 7) is 0. The predicted molar refractivity (Wildman–Crippen MR) is 101 cm³/mol. The zero-order valence-electron chi connectivity index (χ0n) is 16.4. The summed E-state index contributed by atoms with van der Waals surface area (Å²) in [6, 6.07) is 5.72. The second-order valence-electron chi connectivity index (χ2n) is 6.54. The molecule has 0 saturated carbocycles. The Morgan fingerprint density at radius 1 is 0.939 bits per heavy atom. The average Bonchev–Trinajstić information content (AvgIpc) is 2.72. The van der Waals surface area contributed by atoms with Crippen LogP contribution in [0.1, 0.15) is 21.6 Å². The van der Waals surface area contributed by atoms with Gasteiger partial charge in [0.2, 0.25) is 0 Å². The van der Waals surface area contributed by atoms with E-state index in [1.54, 1.807) is 0 Å². The maximum atomic E-state index is 13.2. The number of methoxy groups -OCH3 is 1. The van der Waals surface area contributed by atoms with Crippen LogP contribution in [0.25, 0.3) is 5.69 Å². The van der Waals surface area contributed by atoms with Gasteiger partial charge < -0.3 is 10.1 Å². The minimum atomic E-state index is -5.12. The molecule has 0 fully saturated rings. The van der Waals surface area contributed by atoms with Gasteiger partial charge >= 0.3 is 12.4 Å². The second kappa shape index (κ2) is 8.56. The first-order valence-corrected chi connectivity index (χ1v) is 8.85. The molecule has 13 heteroatoms. The monoisotopic (exact) mass is 475 g/mol. The van der Waals surface area contributed by atoms with Crippen LogP contribution in [0.15, 0.2) is 53.3 Å². The smallest absolute Gasteiger partial charge is 0.416 e. The third-order valence-electron chi connectivity index (χ3n) is 4.25. The molecule has 0 unspecified atom stereocenters. The zero-order chi connectivity index (χ0) is 24.6. The number of carbonyl (C=O) groups excluding carboxylic acids is 1. The van der Waals surface area contributed by atoms with E-state index in [4.69, 9.17) is 4.74 Å². The van der Waals surface area contributed by atoms with Crippen molar-refractivity contribution >= 4 is 11.6 Å². The first-order chi connectivity index (χ1) is 15.3. The summed E-state index contributed by atoms with van der Waals surface area (Å²) in [5, 5.41) is 5.69. The van der Waals surface area contributed by atoms with Gasteiger partial charge in [-0.15, -0.1) is 0 Å². The minimum absolute atomic E-state index is 0.0385. The number of aromatic nitrogens is 2. The van der Waals surface area contributed by atoms with E-state index in [1.807, 2.05) is 5.32 Å². The first kappa shape index (κ1) is 23.8. The van der Waals surface area contributed by atoms with Crippen molar-refractivity contribution in [1.29, 1.82) is 0 Å². The van der Waals surface area contributed by atoms with Gasteiger partial charge in [0.1, 0.15) is 5.82 Å². The molecule has 1 heterocycles. The molecule has 1 aromatic heterocycles. The maximum absolute atomic E-state index is 13.2. The first-order valence-electron chi connectivity index (χ1n) is 8.85. The Hall–Kier alpha value is -3.90. The third-order valence-corrected chi connectivity index (χ3v) is 4.25. The Kier molecular flexibility index (Phi) is 6.16. The van der Waals surface area contributed by atoms with Gasteiger partial charge in [0.25, 0.3) is 11.5 Å². The van der Waals surface area contributed by atoms with Gasteiger partial charge in [-0.25, -0.2) is 4.39 Å². The molecular weight excluding hydrogens is 463 g/mol. The molecular formula is C20H12F7N3O3. The molecule has 0 saturated heterocycles. The summed E-state index contributed by atoms with van der Waals surface area (Å²) < 4.78 is 97.0. The van der Waals surface area contributed by atoms with Crippen LogP contribution in [-0.2, 0) is 12.4 Å². The molecule has 0 atom stereocenters. The lowest BCUT2D eigenvalue weighted by Crippen LogP contribution is -2.26. The number of amides is 1. The van der Waals surface area contributed by atoms with Crippen molar-refractivity contribution in [3.05, 3.63) is 81.5 Å². The van der Waals surface area contributed by atoms with Crippen LogP contribution >= 0.6 is 0 Å². The van der Waals surface area contributed by atoms with Crippen molar-refractivity contribution in [1.82, 2.24) is 9.78 Å². The van der Waals surface area contributed by atoms with E-state index in [1.165, 1.54) is 12.1 Å². The molecule has 0 aliphatic carbocycles. The third kappa shape index (κ3) is 5.30. The molecule has 33 heavy (non-hydrogen) atoms. The zero-order valence-corrected chi connectivity index (χ0v) is 16.4. The van der Waals surface area contributed by atoms with Crippen LogP contribution in [0, 0.1) is 5.82 Å². The number of alkyl halides is 6. The summed E-state index contributed by atoms with van der Waals surface area (Å²) >= 11 is 0. The van der Waals surface area contributed by atoms with Crippen LogP contribution in [0.4, 0.5) is 36.4 Å². The van der Waals surface area contributed by atoms with Gasteiger partial charge in [-0.3, -0.25) is 9.59 Å². The Morgan fingerprint density at radius 3 is 1.97 bits per heavy atom. The number of halogens is 7. The molecule has 174 valence electrons. The van der Waals surface area contributed by atoms with Crippen LogP contribution in [0.2, 0.25) is 0 Å². The van der Waals surface area contributed by atoms with Crippen LogP contribution < -0.4 is 15.6 Å². The van der Waals surface area contributed by atoms with Crippen LogP contribution in [-0.4, -0.2) is 22.8 Å². The van der Waals surface area contributed by atoms with E-state index in [-0.39, 0.29) is 17.5 Å². The molecule has 2 aromatic carbocycles. The fourth-order valence-electron chi connectivity index (χ4n) is 2.74. The molecule has 0 spiro atoms. The summed E-state index contributed by atoms with van der Waals surface area (Å²) in [5.74, 6) is -2.27. The van der Waals surface area contributed by atoms with Crippen molar-refractivity contribution < 1.29 is 40.3 Å². The molecule has 3 aromatic rings. The van der Waals surface area contributed by atoms with Crippen molar-refractivity contribution in [2.75, 3.05) is 12.4 Å². The average molecular weight is 475 g/mol. The lowest BCUT2D eigenvalue weighted by atomic mass is 10.1. The minimum Gasteiger partial charge on any atom is -0.494 e. The molecule has 1 N–H and O–H groups in total. The molecule has 0 bridgehead atoms. The summed E-state index contributed by atoms with van der Waals surface area (Å²) in [7, 11) is 1.07. The van der Waals surface area contributed by atoms with Gasteiger partial charge in [-0.05, 0) is 42.5 Å². The Bertz CT molecular complexity index is 1220. The fourth-order valence-corrected chi connectivity index (χ4v) is 2.74. The highest BCUT2D eigenvalue weighted by Crippen LogP contribution is 2.37. The number of hydrogen-bond donors (Lipinski definition) is 1. The lowest BCUT2D eigenvalue weighted by molar-refractivity contribution is -0.143. The number of hydrogen-bond acceptors (Lipinski definition) is 4. The van der Waals surface area contributed by atoms with Crippen molar-refractivity contribution in [2.45, 2.75) is 12.4 Å². The summed E-state index contributed by atoms with van der Waals surface area (Å²) in [4.78, 5) is 24.9. The highest BCUT2D eigenvalue weighted by molar-refractivity contribution is 6.04. The van der Waals surface area contributed by atoms with E-state index in [0.717, 1.165) is 25.3 Å². The molecule has 0 radical (unpaired) electrons. The molecule has 0 aliphatic heterocycles. The van der Waals surface area contributed by atoms with Crippen molar-refractivity contribution in [3.8, 4) is 11.4 Å². The number of rotatable bonds is 4. The van der Waals surface area contributed by atoms with Gasteiger partial charge in [-0.1, -0.05) is 0 Å². The number of ether oxygens (including phenoxy) is 1. The normalized spacial score (nSPS) is 11.9. The van der Waals surface area contributed by atoms with E-state index in [9.17, 15) is 40.3 Å². The van der Waals surface area contributed by atoms with Crippen molar-refractivity contribution in [2.24, 2.45) is 0 Å². The van der Waals surface area contributed by atoms with E-state index < -0.39 is 52.1 Å². The van der Waals surface area contributed by atoms with Crippen molar-refractivity contribution in [3.63, 3.8) is 0 Å². The van der Waals surface area contributed by atoms with E-state index in [2.05, 4.69) is 5.10 Å². The largest absolute Gasteiger partial charge is 0.494 e. The highest BCUT2D eigenvalue weighted by Gasteiger charge is 2.37. The molecule has 3 rings (SSSR count). The Morgan fingerprint density at radius 2 is 1.48 bits per heavy atom. The SMILES string of the molecule is COc1cc(=O)n(-c2ccc(F)cc2)nc1C(=O)Nc1cc(C(F)(F)F)cc(C(F)(F)F)c1. The maximum Gasteiger partial charge on any atom is 0.416 e. The number of anilines is 1.